The number of nitriles is 1. The molecule has 418 valence electrons. The lowest BCUT2D eigenvalue weighted by Gasteiger charge is -2.35. The van der Waals surface area contributed by atoms with Crippen molar-refractivity contribution in [2.75, 3.05) is 77.1 Å². The Balaban J connectivity index is 0.741. The maximum atomic E-state index is 17.1. The average molecular weight is 1120 g/mol. The molecule has 5 atom stereocenters. The Morgan fingerprint density at radius 2 is 1.77 bits per heavy atom. The fraction of sp³-hybridized carbons (Fsp3) is 0.466. The fourth-order valence-corrected chi connectivity index (χ4v) is 11.8. The molecule has 5 heterocycles. The number of nitrogens with zero attached hydrogens (tertiary/aromatic N) is 7. The van der Waals surface area contributed by atoms with Crippen LogP contribution in [0.4, 0.5) is 10.2 Å². The summed E-state index contributed by atoms with van der Waals surface area (Å²) in [6, 6.07) is 19.9. The molecule has 0 saturated carbocycles. The Morgan fingerprint density at radius 1 is 1.00 bits per heavy atom. The summed E-state index contributed by atoms with van der Waals surface area (Å²) in [5.74, 6) is -1.58. The quantitative estimate of drug-likeness (QED) is 0.0501. The summed E-state index contributed by atoms with van der Waals surface area (Å²) < 4.78 is 35.1. The summed E-state index contributed by atoms with van der Waals surface area (Å²) >= 11 is 8.48. The number of fused-ring (bicyclic) bond motifs is 2. The van der Waals surface area contributed by atoms with Gasteiger partial charge in [-0.3, -0.25) is 19.3 Å². The Bertz CT molecular complexity index is 3200. The van der Waals surface area contributed by atoms with Gasteiger partial charge in [-0.15, -0.1) is 11.3 Å². The second kappa shape index (κ2) is 25.3. The van der Waals surface area contributed by atoms with Crippen molar-refractivity contribution in [1.82, 2.24) is 40.7 Å². The maximum absolute atomic E-state index is 17.1. The molecule has 18 nitrogen and oxygen atoms in total. The van der Waals surface area contributed by atoms with Gasteiger partial charge >= 0.3 is 6.01 Å². The number of hydrogen-bond donors (Lipinski definition) is 5. The van der Waals surface area contributed by atoms with Crippen LogP contribution in [0.3, 0.4) is 0 Å². The van der Waals surface area contributed by atoms with Gasteiger partial charge in [-0.25, -0.2) is 9.37 Å². The molecule has 3 fully saturated rings. The van der Waals surface area contributed by atoms with Crippen molar-refractivity contribution in [1.29, 1.82) is 5.26 Å². The molecule has 3 aliphatic rings. The molecule has 0 aliphatic carbocycles. The van der Waals surface area contributed by atoms with Crippen LogP contribution < -0.4 is 25.6 Å². The zero-order valence-electron chi connectivity index (χ0n) is 45.1. The van der Waals surface area contributed by atoms with Gasteiger partial charge in [0, 0.05) is 69.2 Å². The number of ether oxygens (including phenoxy) is 3. The van der Waals surface area contributed by atoms with Gasteiger partial charge in [-0.1, -0.05) is 80.9 Å². The van der Waals surface area contributed by atoms with Gasteiger partial charge in [0.25, 0.3) is 0 Å². The van der Waals surface area contributed by atoms with Crippen molar-refractivity contribution in [3.8, 4) is 39.4 Å². The van der Waals surface area contributed by atoms with Crippen LogP contribution in [0.1, 0.15) is 70.7 Å². The molecule has 3 amide bonds. The number of aromatic nitrogens is 3. The standard InChI is InChI=1S/C58H68ClFN10O8S/c1-34(36-10-12-37(13-11-36)52-35(2)63-33-79-52)64-55(74)47-28-41(72)31-70(47)56(75)53(58(3,4)5)65-48(73)32-76-24-25-77-42-15-19-68(20-16-42)22-23-78-57-66-51-45(54(67-57)69-21-18-62-39(30-69)14-17-61)29-46(59)49(50(51)60)44-27-40(71)26-38-8-6-7-9-43(38)44/h6-13,26-27,29,33-34,39,41-42,47,53,62,71-72H,14-16,18-25,28,30-32H2,1-5H3,(H,64,74)(H,65,73)/t34-,39-,41+,47-,53+/m0/s1. The number of carbonyl (C=O) groups excluding carboxylic acids is 3. The van der Waals surface area contributed by atoms with Crippen LogP contribution in [-0.4, -0.2) is 155 Å². The average Bonchev–Trinajstić information content (AvgIpc) is 4.21. The molecule has 79 heavy (non-hydrogen) atoms. The highest BCUT2D eigenvalue weighted by Gasteiger charge is 2.45. The van der Waals surface area contributed by atoms with Gasteiger partial charge in [0.05, 0.1) is 65.1 Å². The van der Waals surface area contributed by atoms with Crippen molar-refractivity contribution in [2.45, 2.75) is 96.7 Å². The summed E-state index contributed by atoms with van der Waals surface area (Å²) in [5, 5.41) is 42.0. The number of phenolic OH excluding ortho intramolecular Hbond substituents is 1. The van der Waals surface area contributed by atoms with E-state index in [2.05, 4.69) is 36.9 Å². The Morgan fingerprint density at radius 3 is 2.51 bits per heavy atom. The predicted octanol–water partition coefficient (Wildman–Crippen LogP) is 7.32. The number of piperazine rings is 1. The molecule has 3 aliphatic heterocycles. The zero-order chi connectivity index (χ0) is 56.0. The molecule has 0 bridgehead atoms. The number of anilines is 1. The third-order valence-electron chi connectivity index (χ3n) is 14.9. The SMILES string of the molecule is Cc1ncsc1-c1ccc([C@H](C)NC(=O)[C@@H]2C[C@@H](O)CN2C(=O)[C@@H](NC(=O)COCCOC2CCN(CCOc3nc(N4CCN[C@@H](CC#N)C4)c4cc(Cl)c(-c5cc(O)cc6ccccc56)c(F)c4n3)CC2)C(C)(C)C)cc1. The first-order chi connectivity index (χ1) is 37.9. The van der Waals surface area contributed by atoms with Gasteiger partial charge in [0.2, 0.25) is 17.7 Å². The molecule has 0 unspecified atom stereocenters. The number of benzene rings is 4. The van der Waals surface area contributed by atoms with E-state index >= 15 is 4.39 Å². The first-order valence-corrected chi connectivity index (χ1v) is 28.1. The maximum Gasteiger partial charge on any atom is 0.319 e. The zero-order valence-corrected chi connectivity index (χ0v) is 46.7. The number of aliphatic hydroxyl groups excluding tert-OH is 1. The van der Waals surface area contributed by atoms with Gasteiger partial charge in [-0.05, 0) is 77.8 Å². The Labute approximate surface area is 468 Å². The van der Waals surface area contributed by atoms with E-state index in [1.165, 1.54) is 11.0 Å². The van der Waals surface area contributed by atoms with Crippen molar-refractivity contribution >= 4 is 68.2 Å². The number of halogens is 2. The van der Waals surface area contributed by atoms with Crippen molar-refractivity contribution in [2.24, 2.45) is 5.41 Å². The van der Waals surface area contributed by atoms with Crippen LogP contribution in [0.25, 0.3) is 43.2 Å². The van der Waals surface area contributed by atoms with Crippen LogP contribution in [0.15, 0.2) is 72.2 Å². The lowest BCUT2D eigenvalue weighted by molar-refractivity contribution is -0.144. The molecule has 21 heteroatoms. The monoisotopic (exact) mass is 1120 g/mol. The number of hydrogen-bond acceptors (Lipinski definition) is 16. The molecule has 0 radical (unpaired) electrons. The van der Waals surface area contributed by atoms with Gasteiger partial charge in [0.15, 0.2) is 5.82 Å². The van der Waals surface area contributed by atoms with Gasteiger partial charge in [0.1, 0.15) is 42.4 Å². The minimum atomic E-state index is -0.996. The number of carbonyl (C=O) groups is 3. The topological polar surface area (TPSA) is 228 Å². The Kier molecular flexibility index (Phi) is 18.3. The summed E-state index contributed by atoms with van der Waals surface area (Å²) in [4.78, 5) is 61.6. The number of aliphatic hydroxyl groups is 1. The number of piperidine rings is 1. The normalized spacial score (nSPS) is 19.1. The van der Waals surface area contributed by atoms with Gasteiger partial charge in [-0.2, -0.15) is 15.2 Å². The third-order valence-corrected chi connectivity index (χ3v) is 16.2. The molecule has 0 spiro atoms. The largest absolute Gasteiger partial charge is 0.508 e. The molecule has 4 aromatic carbocycles. The molecule has 5 N–H and O–H groups in total. The van der Waals surface area contributed by atoms with E-state index in [9.17, 15) is 29.9 Å². The number of nitrogens with one attached hydrogen (secondary N) is 3. The smallest absolute Gasteiger partial charge is 0.319 e. The van der Waals surface area contributed by atoms with Crippen LogP contribution in [0, 0.1) is 29.5 Å². The van der Waals surface area contributed by atoms with Crippen LogP contribution in [-0.2, 0) is 23.9 Å². The second-order valence-corrected chi connectivity index (χ2v) is 22.9. The lowest BCUT2D eigenvalue weighted by atomic mass is 9.85. The van der Waals surface area contributed by atoms with E-state index in [4.69, 9.17) is 30.8 Å². The van der Waals surface area contributed by atoms with Crippen molar-refractivity contribution < 1.29 is 43.2 Å². The molecular formula is C58H68ClFN10O8S. The molecule has 3 saturated heterocycles. The predicted molar refractivity (Wildman–Crippen MR) is 301 cm³/mol. The number of likely N-dealkylation sites (tertiary alicyclic amines) is 2. The van der Waals surface area contributed by atoms with Crippen molar-refractivity contribution in [3.05, 3.63) is 94.3 Å². The lowest BCUT2D eigenvalue weighted by Crippen LogP contribution is -2.58. The van der Waals surface area contributed by atoms with Crippen LogP contribution in [0.5, 0.6) is 11.8 Å². The minimum absolute atomic E-state index is 0.00456. The van der Waals surface area contributed by atoms with E-state index < -0.39 is 41.2 Å². The number of β-amino-alcohol motifs (C(OH)–C–C–N with tert-alkyl or cyclic N) is 1. The fourth-order valence-electron chi connectivity index (χ4n) is 10.7. The third kappa shape index (κ3) is 13.5. The van der Waals surface area contributed by atoms with E-state index in [0.29, 0.717) is 48.3 Å². The van der Waals surface area contributed by atoms with Crippen LogP contribution in [0.2, 0.25) is 5.02 Å². The van der Waals surface area contributed by atoms with E-state index in [1.54, 1.807) is 23.5 Å². The summed E-state index contributed by atoms with van der Waals surface area (Å²) in [6.07, 6.45) is 0.942. The molecule has 6 aromatic rings. The second-order valence-electron chi connectivity index (χ2n) is 21.6. The summed E-state index contributed by atoms with van der Waals surface area (Å²) in [5.41, 5.74) is 4.51. The Hall–Kier alpha value is -6.57. The van der Waals surface area contributed by atoms with Gasteiger partial charge < -0.3 is 50.2 Å². The molecule has 9 rings (SSSR count). The number of amides is 3. The number of aromatic hydroxyl groups is 1. The minimum Gasteiger partial charge on any atom is -0.508 e. The van der Waals surface area contributed by atoms with E-state index in [0.717, 1.165) is 53.0 Å². The highest BCUT2D eigenvalue weighted by atomic mass is 35.5. The van der Waals surface area contributed by atoms with Crippen molar-refractivity contribution in [3.63, 3.8) is 0 Å². The summed E-state index contributed by atoms with van der Waals surface area (Å²) in [6.45, 7) is 13.2. The number of phenols is 1. The molecule has 2 aromatic heterocycles. The number of aryl methyl sites for hydroxylation is 1. The molecular weight excluding hydrogens is 1050 g/mol. The highest BCUT2D eigenvalue weighted by molar-refractivity contribution is 7.13. The first kappa shape index (κ1) is 57.1. The van der Waals surface area contributed by atoms with E-state index in [-0.39, 0.29) is 97.8 Å². The highest BCUT2D eigenvalue weighted by Crippen LogP contribution is 2.43. The first-order valence-electron chi connectivity index (χ1n) is 26.9. The number of thiazole rings is 1. The van der Waals surface area contributed by atoms with Crippen LogP contribution >= 0.6 is 22.9 Å². The van der Waals surface area contributed by atoms with E-state index in [1.807, 2.05) is 93.6 Å². The number of rotatable bonds is 19. The summed E-state index contributed by atoms with van der Waals surface area (Å²) in [7, 11) is 0.